The Balaban J connectivity index is 2.58. The fourth-order valence-corrected chi connectivity index (χ4v) is 3.15. The van der Waals surface area contributed by atoms with E-state index < -0.39 is 0 Å². The van der Waals surface area contributed by atoms with Gasteiger partial charge >= 0.3 is 0 Å². The number of hydrogen-bond acceptors (Lipinski definition) is 2. The lowest BCUT2D eigenvalue weighted by Crippen LogP contribution is -2.39. The molecule has 0 aromatic heterocycles. The van der Waals surface area contributed by atoms with Gasteiger partial charge in [-0.25, -0.2) is 0 Å². The van der Waals surface area contributed by atoms with Crippen molar-refractivity contribution in [3.05, 3.63) is 0 Å². The zero-order valence-electron chi connectivity index (χ0n) is 11.2. The third-order valence-electron chi connectivity index (χ3n) is 4.47. The van der Waals surface area contributed by atoms with Crippen molar-refractivity contribution in [1.29, 1.82) is 0 Å². The van der Waals surface area contributed by atoms with Gasteiger partial charge in [-0.15, -0.1) is 0 Å². The molecule has 1 aliphatic rings. The Bertz CT molecular complexity index is 201. The topological polar surface area (TPSA) is 40.5 Å². The predicted octanol–water partition coefficient (Wildman–Crippen LogP) is 2.68. The van der Waals surface area contributed by atoms with E-state index >= 15 is 0 Å². The first kappa shape index (κ1) is 14.0. The van der Waals surface area contributed by atoms with Gasteiger partial charge in [-0.1, -0.05) is 27.7 Å². The van der Waals surface area contributed by atoms with Gasteiger partial charge < -0.3 is 10.2 Å². The fourth-order valence-electron chi connectivity index (χ4n) is 3.15. The maximum absolute atomic E-state index is 10.2. The summed E-state index contributed by atoms with van der Waals surface area (Å²) in [6.07, 6.45) is 3.00. The third kappa shape index (κ3) is 3.21. The third-order valence-corrected chi connectivity index (χ3v) is 4.47. The molecule has 2 N–H and O–H groups in total. The average molecular weight is 228 g/mol. The smallest absolute Gasteiger partial charge is 0.0574 e. The van der Waals surface area contributed by atoms with Gasteiger partial charge in [0.15, 0.2) is 0 Å². The van der Waals surface area contributed by atoms with Gasteiger partial charge in [-0.05, 0) is 48.9 Å². The first-order valence-corrected chi connectivity index (χ1v) is 6.76. The summed E-state index contributed by atoms with van der Waals surface area (Å²) in [7, 11) is 0. The quantitative estimate of drug-likeness (QED) is 0.776. The number of aliphatic hydroxyl groups is 2. The summed E-state index contributed by atoms with van der Waals surface area (Å²) in [5, 5.41) is 19.7. The van der Waals surface area contributed by atoms with E-state index in [1.165, 1.54) is 6.42 Å². The van der Waals surface area contributed by atoms with Crippen molar-refractivity contribution in [2.75, 3.05) is 6.61 Å². The van der Waals surface area contributed by atoms with E-state index in [9.17, 15) is 10.2 Å². The molecule has 0 spiro atoms. The molecule has 16 heavy (non-hydrogen) atoms. The summed E-state index contributed by atoms with van der Waals surface area (Å²) in [6, 6.07) is 0. The summed E-state index contributed by atoms with van der Waals surface area (Å²) in [6.45, 7) is 8.98. The van der Waals surface area contributed by atoms with Gasteiger partial charge in [0.05, 0.1) is 6.10 Å². The van der Waals surface area contributed by atoms with E-state index in [1.807, 2.05) is 0 Å². The van der Waals surface area contributed by atoms with Gasteiger partial charge in [-0.2, -0.15) is 0 Å². The van der Waals surface area contributed by atoms with Crippen molar-refractivity contribution in [3.63, 3.8) is 0 Å². The van der Waals surface area contributed by atoms with Crippen LogP contribution in [-0.4, -0.2) is 22.9 Å². The molecule has 4 unspecified atom stereocenters. The van der Waals surface area contributed by atoms with Gasteiger partial charge in [0.1, 0.15) is 0 Å². The molecule has 1 aliphatic carbocycles. The van der Waals surface area contributed by atoms with Crippen LogP contribution >= 0.6 is 0 Å². The molecule has 96 valence electrons. The molecular weight excluding hydrogens is 200 g/mol. The Labute approximate surface area is 100 Å². The first-order chi connectivity index (χ1) is 7.47. The van der Waals surface area contributed by atoms with Crippen LogP contribution in [0.3, 0.4) is 0 Å². The molecule has 2 heteroatoms. The summed E-state index contributed by atoms with van der Waals surface area (Å²) < 4.78 is 0. The Hall–Kier alpha value is -0.0800. The van der Waals surface area contributed by atoms with Crippen molar-refractivity contribution in [2.45, 2.75) is 53.1 Å². The van der Waals surface area contributed by atoms with Crippen LogP contribution in [0.25, 0.3) is 0 Å². The zero-order valence-corrected chi connectivity index (χ0v) is 11.2. The normalized spacial score (nSPS) is 33.4. The van der Waals surface area contributed by atoms with Crippen molar-refractivity contribution < 1.29 is 10.2 Å². The van der Waals surface area contributed by atoms with E-state index in [0.29, 0.717) is 23.7 Å². The minimum absolute atomic E-state index is 0.208. The van der Waals surface area contributed by atoms with Gasteiger partial charge in [0.25, 0.3) is 0 Å². The van der Waals surface area contributed by atoms with Crippen molar-refractivity contribution in [1.82, 2.24) is 0 Å². The second kappa shape index (κ2) is 6.02. The number of aliphatic hydroxyl groups excluding tert-OH is 2. The highest BCUT2D eigenvalue weighted by Gasteiger charge is 2.36. The van der Waals surface area contributed by atoms with Gasteiger partial charge in [-0.3, -0.25) is 0 Å². The summed E-state index contributed by atoms with van der Waals surface area (Å²) in [4.78, 5) is 0. The van der Waals surface area contributed by atoms with Crippen molar-refractivity contribution >= 4 is 0 Å². The zero-order chi connectivity index (χ0) is 12.3. The molecule has 0 aliphatic heterocycles. The van der Waals surface area contributed by atoms with Crippen molar-refractivity contribution in [3.8, 4) is 0 Å². The Morgan fingerprint density at radius 2 is 1.75 bits per heavy atom. The van der Waals surface area contributed by atoms with E-state index in [4.69, 9.17) is 0 Å². The Morgan fingerprint density at radius 3 is 2.12 bits per heavy atom. The number of hydrogen-bond donors (Lipinski definition) is 2. The lowest BCUT2D eigenvalue weighted by Gasteiger charge is -2.40. The molecule has 4 atom stereocenters. The highest BCUT2D eigenvalue weighted by Crippen LogP contribution is 2.39. The Morgan fingerprint density at radius 1 is 1.12 bits per heavy atom. The summed E-state index contributed by atoms with van der Waals surface area (Å²) >= 11 is 0. The molecule has 1 rings (SSSR count). The summed E-state index contributed by atoms with van der Waals surface area (Å²) in [5.74, 6) is 2.36. The van der Waals surface area contributed by atoms with Crippen LogP contribution in [-0.2, 0) is 0 Å². The van der Waals surface area contributed by atoms with E-state index in [1.54, 1.807) is 0 Å². The van der Waals surface area contributed by atoms with Crippen LogP contribution in [0, 0.1) is 29.6 Å². The minimum atomic E-state index is -0.208. The van der Waals surface area contributed by atoms with E-state index in [0.717, 1.165) is 12.8 Å². The molecule has 0 radical (unpaired) electrons. The molecule has 1 saturated carbocycles. The van der Waals surface area contributed by atoms with Crippen LogP contribution < -0.4 is 0 Å². The van der Waals surface area contributed by atoms with Crippen LogP contribution in [0.5, 0.6) is 0 Å². The molecule has 2 nitrogen and oxygen atoms in total. The lowest BCUT2D eigenvalue weighted by atomic mass is 9.68. The van der Waals surface area contributed by atoms with Crippen molar-refractivity contribution in [2.24, 2.45) is 29.6 Å². The summed E-state index contributed by atoms with van der Waals surface area (Å²) in [5.41, 5.74) is 0. The number of rotatable bonds is 4. The second-order valence-electron chi connectivity index (χ2n) is 6.14. The van der Waals surface area contributed by atoms with E-state index in [2.05, 4.69) is 27.7 Å². The maximum Gasteiger partial charge on any atom is 0.0574 e. The monoisotopic (exact) mass is 228 g/mol. The SMILES string of the molecule is CC(C)C1CCC(C(CO)C(C)C)C(O)C1. The molecule has 0 saturated heterocycles. The molecule has 0 aromatic carbocycles. The highest BCUT2D eigenvalue weighted by atomic mass is 16.3. The maximum atomic E-state index is 10.2. The van der Waals surface area contributed by atoms with Gasteiger partial charge in [0, 0.05) is 6.61 Å². The van der Waals surface area contributed by atoms with Crippen LogP contribution in [0.2, 0.25) is 0 Å². The molecule has 1 fully saturated rings. The molecule has 0 amide bonds. The largest absolute Gasteiger partial charge is 0.396 e. The van der Waals surface area contributed by atoms with Gasteiger partial charge in [0.2, 0.25) is 0 Å². The molecule has 0 bridgehead atoms. The molecular formula is C14H28O2. The van der Waals surface area contributed by atoms with E-state index in [-0.39, 0.29) is 18.6 Å². The average Bonchev–Trinajstić information content (AvgIpc) is 2.20. The minimum Gasteiger partial charge on any atom is -0.396 e. The Kier molecular flexibility index (Phi) is 5.26. The first-order valence-electron chi connectivity index (χ1n) is 6.76. The standard InChI is InChI=1S/C14H28O2/c1-9(2)11-5-6-12(14(16)7-11)13(8-15)10(3)4/h9-16H,5-8H2,1-4H3. The highest BCUT2D eigenvalue weighted by molar-refractivity contribution is 4.86. The van der Waals surface area contributed by atoms with Crippen LogP contribution in [0.1, 0.15) is 47.0 Å². The molecule has 0 aromatic rings. The fraction of sp³-hybridized carbons (Fsp3) is 1.00. The predicted molar refractivity (Wildman–Crippen MR) is 67.1 cm³/mol. The van der Waals surface area contributed by atoms with Crippen LogP contribution in [0.15, 0.2) is 0 Å². The molecule has 0 heterocycles. The second-order valence-corrected chi connectivity index (χ2v) is 6.14. The van der Waals surface area contributed by atoms with Crippen LogP contribution in [0.4, 0.5) is 0 Å². The lowest BCUT2D eigenvalue weighted by molar-refractivity contribution is -0.0212.